The molecule has 2 aliphatic heterocycles. The highest BCUT2D eigenvalue weighted by Crippen LogP contribution is 2.33. The van der Waals surface area contributed by atoms with E-state index < -0.39 is 35.1 Å². The summed E-state index contributed by atoms with van der Waals surface area (Å²) in [6, 6.07) is 0. The maximum Gasteiger partial charge on any atom is 0.346 e. The fourth-order valence-corrected chi connectivity index (χ4v) is 2.71. The lowest BCUT2D eigenvalue weighted by Crippen LogP contribution is -2.41. The van der Waals surface area contributed by atoms with E-state index >= 15 is 0 Å². The lowest BCUT2D eigenvalue weighted by Gasteiger charge is -2.17. The predicted octanol–water partition coefficient (Wildman–Crippen LogP) is -3.20. The van der Waals surface area contributed by atoms with Gasteiger partial charge in [-0.2, -0.15) is 0 Å². The number of hydrogen-bond donors (Lipinski definition) is 2. The number of H-pyrrole nitrogens is 2. The van der Waals surface area contributed by atoms with Gasteiger partial charge in [-0.1, -0.05) is 0 Å². The number of nitrogens with zero attached hydrogens (tertiary/aromatic N) is 4. The zero-order valence-electron chi connectivity index (χ0n) is 8.28. The number of nitrogens with one attached hydrogen (secondary N) is 2. The fourth-order valence-electron chi connectivity index (χ4n) is 2.71. The van der Waals surface area contributed by atoms with Crippen molar-refractivity contribution in [3.63, 3.8) is 0 Å². The molecule has 2 aromatic rings. The molecule has 0 unspecified atom stereocenters. The molecule has 2 aliphatic rings. The van der Waals surface area contributed by atoms with Crippen LogP contribution in [0.2, 0.25) is 0 Å². The summed E-state index contributed by atoms with van der Waals surface area (Å²) in [6.07, 6.45) is -0.867. The van der Waals surface area contributed by atoms with Crippen molar-refractivity contribution in [3.05, 3.63) is 41.9 Å². The summed E-state index contributed by atoms with van der Waals surface area (Å²) in [5.74, 6) is 0. The number of fused-ring (bicyclic) bond motifs is 8. The van der Waals surface area contributed by atoms with Crippen LogP contribution in [-0.2, 0) is 0 Å². The molecule has 0 saturated heterocycles. The first kappa shape index (κ1) is 8.61. The van der Waals surface area contributed by atoms with E-state index in [0.29, 0.717) is 6.42 Å². The number of hydrogen-bond acceptors (Lipinski definition) is 4. The second-order valence-corrected chi connectivity index (χ2v) is 4.05. The molecule has 10 heteroatoms. The van der Waals surface area contributed by atoms with Crippen LogP contribution >= 0.6 is 0 Å². The summed E-state index contributed by atoms with van der Waals surface area (Å²) in [7, 11) is 0. The topological polar surface area (TPSA) is 120 Å². The standard InChI is InChI=1S/C7H6N6O4/c14-4-8-6(16)12-3-1-2(10(4)12)11-5(15)9-7(17)13(3)11/h2-3H,1H2,(H,8,14,16)(H,9,15,17). The molecule has 0 atom stereocenters. The Hall–Kier alpha value is -2.52. The number of aromatic amines is 2. The summed E-state index contributed by atoms with van der Waals surface area (Å²) < 4.78 is 4.67. The van der Waals surface area contributed by atoms with Gasteiger partial charge in [0.15, 0.2) is 12.3 Å². The first-order chi connectivity index (χ1) is 8.09. The third-order valence-electron chi connectivity index (χ3n) is 3.28. The average molecular weight is 238 g/mol. The maximum atomic E-state index is 11.5. The largest absolute Gasteiger partial charge is 0.346 e. The van der Waals surface area contributed by atoms with E-state index in [-0.39, 0.29) is 0 Å². The van der Waals surface area contributed by atoms with Crippen molar-refractivity contribution in [2.45, 2.75) is 18.8 Å². The minimum Gasteiger partial charge on any atom is -0.256 e. The lowest BCUT2D eigenvalue weighted by atomic mass is 10.3. The highest BCUT2D eigenvalue weighted by molar-refractivity contribution is 4.96. The molecule has 2 bridgehead atoms. The fraction of sp³-hybridized carbons (Fsp3) is 0.429. The Morgan fingerprint density at radius 1 is 0.706 bits per heavy atom. The molecule has 4 rings (SSSR count). The molecule has 0 spiro atoms. The average Bonchev–Trinajstić information content (AvgIpc) is 2.92. The smallest absolute Gasteiger partial charge is 0.256 e. The number of aromatic nitrogens is 6. The summed E-state index contributed by atoms with van der Waals surface area (Å²) in [4.78, 5) is 50.3. The van der Waals surface area contributed by atoms with Gasteiger partial charge in [-0.25, -0.2) is 37.9 Å². The minimum absolute atomic E-state index is 0.359. The predicted molar refractivity (Wildman–Crippen MR) is 52.1 cm³/mol. The molecule has 0 aliphatic carbocycles. The molecule has 0 aromatic carbocycles. The van der Waals surface area contributed by atoms with Crippen molar-refractivity contribution in [1.82, 2.24) is 28.7 Å². The summed E-state index contributed by atoms with van der Waals surface area (Å²) >= 11 is 0. The quantitative estimate of drug-likeness (QED) is 0.502. The molecule has 2 N–H and O–H groups in total. The molecular weight excluding hydrogens is 232 g/mol. The zero-order valence-corrected chi connectivity index (χ0v) is 8.28. The first-order valence-electron chi connectivity index (χ1n) is 4.96. The third kappa shape index (κ3) is 0.726. The Morgan fingerprint density at radius 2 is 1.00 bits per heavy atom. The van der Waals surface area contributed by atoms with Crippen molar-refractivity contribution < 1.29 is 0 Å². The Kier molecular flexibility index (Phi) is 1.14. The monoisotopic (exact) mass is 238 g/mol. The molecule has 0 radical (unpaired) electrons. The van der Waals surface area contributed by atoms with Gasteiger partial charge < -0.3 is 0 Å². The normalized spacial score (nSPS) is 24.0. The highest BCUT2D eigenvalue weighted by atomic mass is 16.2. The van der Waals surface area contributed by atoms with Gasteiger partial charge in [-0.05, 0) is 0 Å². The van der Waals surface area contributed by atoms with Gasteiger partial charge in [0, 0.05) is 6.42 Å². The molecule has 0 fully saturated rings. The van der Waals surface area contributed by atoms with Gasteiger partial charge in [0.25, 0.3) is 0 Å². The van der Waals surface area contributed by atoms with Gasteiger partial charge in [-0.15, -0.1) is 0 Å². The van der Waals surface area contributed by atoms with E-state index in [1.807, 2.05) is 0 Å². The van der Waals surface area contributed by atoms with Crippen LogP contribution in [0.1, 0.15) is 18.8 Å². The van der Waals surface area contributed by atoms with Crippen LogP contribution in [0, 0.1) is 0 Å². The first-order valence-corrected chi connectivity index (χ1v) is 4.96. The second-order valence-electron chi connectivity index (χ2n) is 4.05. The van der Waals surface area contributed by atoms with Gasteiger partial charge >= 0.3 is 22.8 Å². The van der Waals surface area contributed by atoms with Crippen molar-refractivity contribution in [2.75, 3.05) is 0 Å². The van der Waals surface area contributed by atoms with E-state index in [1.54, 1.807) is 0 Å². The molecule has 0 saturated carbocycles. The molecule has 10 nitrogen and oxygen atoms in total. The van der Waals surface area contributed by atoms with Gasteiger partial charge in [-0.3, -0.25) is 9.97 Å². The molecule has 88 valence electrons. The van der Waals surface area contributed by atoms with Gasteiger partial charge in [0.1, 0.15) is 0 Å². The van der Waals surface area contributed by atoms with Crippen LogP contribution in [0.3, 0.4) is 0 Å². The third-order valence-corrected chi connectivity index (χ3v) is 3.28. The van der Waals surface area contributed by atoms with Crippen LogP contribution in [-0.4, -0.2) is 28.7 Å². The van der Waals surface area contributed by atoms with Crippen molar-refractivity contribution in [1.29, 1.82) is 0 Å². The summed E-state index contributed by atoms with van der Waals surface area (Å²) in [5.41, 5.74) is -2.30. The Balaban J connectivity index is 2.20. The van der Waals surface area contributed by atoms with Crippen molar-refractivity contribution in [2.24, 2.45) is 0 Å². The Morgan fingerprint density at radius 3 is 1.29 bits per heavy atom. The summed E-state index contributed by atoms with van der Waals surface area (Å²) in [6.45, 7) is 0. The van der Waals surface area contributed by atoms with Crippen molar-refractivity contribution >= 4 is 0 Å². The molecular formula is C7H6N6O4. The van der Waals surface area contributed by atoms with E-state index in [0.717, 1.165) is 0 Å². The maximum absolute atomic E-state index is 11.5. The van der Waals surface area contributed by atoms with Crippen molar-refractivity contribution in [3.8, 4) is 0 Å². The molecule has 4 heterocycles. The van der Waals surface area contributed by atoms with Crippen LogP contribution in [0.15, 0.2) is 19.2 Å². The lowest BCUT2D eigenvalue weighted by molar-refractivity contribution is 0.273. The second kappa shape index (κ2) is 2.26. The zero-order chi connectivity index (χ0) is 11.9. The van der Waals surface area contributed by atoms with Gasteiger partial charge in [0.2, 0.25) is 0 Å². The molecule has 2 aromatic heterocycles. The Labute approximate surface area is 90.3 Å². The van der Waals surface area contributed by atoms with Crippen LogP contribution < -0.4 is 22.8 Å². The highest BCUT2D eigenvalue weighted by Gasteiger charge is 2.46. The Bertz CT molecular complexity index is 731. The van der Waals surface area contributed by atoms with Crippen LogP contribution in [0.25, 0.3) is 0 Å². The van der Waals surface area contributed by atoms with Gasteiger partial charge in [0.05, 0.1) is 0 Å². The van der Waals surface area contributed by atoms with Crippen LogP contribution in [0.4, 0.5) is 0 Å². The van der Waals surface area contributed by atoms with E-state index in [1.165, 1.54) is 18.7 Å². The SMILES string of the molecule is O=c1[nH]c(=O)n2n1C1CC2n2c(=O)[nH]c(=O)n21. The molecule has 0 amide bonds. The minimum atomic E-state index is -0.613. The number of rotatable bonds is 0. The van der Waals surface area contributed by atoms with Crippen LogP contribution in [0.5, 0.6) is 0 Å². The van der Waals surface area contributed by atoms with E-state index in [4.69, 9.17) is 0 Å². The van der Waals surface area contributed by atoms with E-state index in [2.05, 4.69) is 9.97 Å². The molecule has 17 heavy (non-hydrogen) atoms. The van der Waals surface area contributed by atoms with E-state index in [9.17, 15) is 19.2 Å². The summed E-state index contributed by atoms with van der Waals surface area (Å²) in [5, 5.41) is 0.